The second kappa shape index (κ2) is 7.78. The zero-order chi connectivity index (χ0) is 21.7. The standard InChI is InChI=1S/C22H26FN3O5/c1-12(27)24-8-14-9-26(22(29)31-14)13-4-5-15(18(23)7-13)20-16-10-25(11-17(16)20)21(28)19-3-2-6-30-19/h4-5,7,14,16-17,19-20H,2-3,6,8-11H2,1H3,(H,24,27)/t14-,16-,17+,19+,20?/m0/s1. The van der Waals surface area contributed by atoms with Gasteiger partial charge in [-0.3, -0.25) is 14.5 Å². The molecule has 1 saturated carbocycles. The van der Waals surface area contributed by atoms with Crippen LogP contribution in [0.2, 0.25) is 0 Å². The lowest BCUT2D eigenvalue weighted by Gasteiger charge is -2.23. The van der Waals surface area contributed by atoms with Crippen LogP contribution < -0.4 is 10.2 Å². The number of hydrogen-bond donors (Lipinski definition) is 1. The number of anilines is 1. The first-order valence-electron chi connectivity index (χ1n) is 10.8. The van der Waals surface area contributed by atoms with Crippen molar-refractivity contribution < 1.29 is 28.2 Å². The summed E-state index contributed by atoms with van der Waals surface area (Å²) in [6, 6.07) is 4.86. The zero-order valence-electron chi connectivity index (χ0n) is 17.4. The Morgan fingerprint density at radius 3 is 2.65 bits per heavy atom. The van der Waals surface area contributed by atoms with E-state index in [0.717, 1.165) is 12.8 Å². The van der Waals surface area contributed by atoms with E-state index in [1.807, 2.05) is 4.90 Å². The van der Waals surface area contributed by atoms with E-state index in [1.165, 1.54) is 17.9 Å². The number of halogens is 1. The fourth-order valence-electron chi connectivity index (χ4n) is 5.19. The molecule has 3 heterocycles. The molecule has 1 aromatic carbocycles. The second-order valence-electron chi connectivity index (χ2n) is 8.86. The summed E-state index contributed by atoms with van der Waals surface area (Å²) < 4.78 is 25.7. The van der Waals surface area contributed by atoms with E-state index in [2.05, 4.69) is 5.32 Å². The van der Waals surface area contributed by atoms with Crippen LogP contribution in [0.4, 0.5) is 14.9 Å². The van der Waals surface area contributed by atoms with Crippen LogP contribution >= 0.6 is 0 Å². The summed E-state index contributed by atoms with van der Waals surface area (Å²) in [4.78, 5) is 39.0. The molecule has 0 aromatic heterocycles. The number of piperidine rings is 1. The molecule has 31 heavy (non-hydrogen) atoms. The van der Waals surface area contributed by atoms with Crippen LogP contribution in [-0.2, 0) is 19.1 Å². The Kier molecular flexibility index (Phi) is 5.08. The third-order valence-electron chi connectivity index (χ3n) is 6.82. The maximum absolute atomic E-state index is 14.9. The smallest absolute Gasteiger partial charge is 0.414 e. The number of ether oxygens (including phenoxy) is 2. The Morgan fingerprint density at radius 2 is 2.00 bits per heavy atom. The number of likely N-dealkylation sites (tertiary alicyclic amines) is 1. The van der Waals surface area contributed by atoms with Gasteiger partial charge in [0.1, 0.15) is 18.0 Å². The Morgan fingerprint density at radius 1 is 1.23 bits per heavy atom. The summed E-state index contributed by atoms with van der Waals surface area (Å²) in [5.74, 6) is 0.207. The van der Waals surface area contributed by atoms with Gasteiger partial charge in [-0.25, -0.2) is 9.18 Å². The second-order valence-corrected chi connectivity index (χ2v) is 8.86. The van der Waals surface area contributed by atoms with Crippen LogP contribution in [0.5, 0.6) is 0 Å². The minimum atomic E-state index is -0.547. The van der Waals surface area contributed by atoms with Crippen LogP contribution in [0.25, 0.3) is 0 Å². The molecule has 5 atom stereocenters. The molecule has 1 aromatic rings. The van der Waals surface area contributed by atoms with Crippen molar-refractivity contribution in [3.05, 3.63) is 29.6 Å². The third kappa shape index (κ3) is 3.75. The molecule has 5 rings (SSSR count). The molecular formula is C22H26FN3O5. The molecule has 0 bridgehead atoms. The summed E-state index contributed by atoms with van der Waals surface area (Å²) in [5.41, 5.74) is 1.09. The van der Waals surface area contributed by atoms with Gasteiger partial charge in [0.25, 0.3) is 5.91 Å². The molecule has 8 nitrogen and oxygen atoms in total. The lowest BCUT2D eigenvalue weighted by atomic mass is 10.0. The number of nitrogens with one attached hydrogen (secondary N) is 1. The van der Waals surface area contributed by atoms with Crippen molar-refractivity contribution in [1.29, 1.82) is 0 Å². The van der Waals surface area contributed by atoms with E-state index in [-0.39, 0.29) is 54.6 Å². The molecule has 3 aliphatic heterocycles. The van der Waals surface area contributed by atoms with Crippen LogP contribution in [-0.4, -0.2) is 67.8 Å². The van der Waals surface area contributed by atoms with Gasteiger partial charge in [0, 0.05) is 26.6 Å². The number of nitrogens with zero attached hydrogens (tertiary/aromatic N) is 2. The molecule has 0 radical (unpaired) electrons. The van der Waals surface area contributed by atoms with Crippen LogP contribution in [0.1, 0.15) is 31.2 Å². The first kappa shape index (κ1) is 20.2. The lowest BCUT2D eigenvalue weighted by molar-refractivity contribution is -0.140. The molecule has 166 valence electrons. The normalized spacial score (nSPS) is 31.5. The van der Waals surface area contributed by atoms with Crippen molar-refractivity contribution in [3.8, 4) is 0 Å². The Labute approximate surface area is 179 Å². The van der Waals surface area contributed by atoms with Crippen molar-refractivity contribution in [2.75, 3.05) is 37.7 Å². The van der Waals surface area contributed by atoms with E-state index < -0.39 is 12.2 Å². The van der Waals surface area contributed by atoms with Gasteiger partial charge in [-0.05, 0) is 48.3 Å². The largest absolute Gasteiger partial charge is 0.442 e. The molecule has 9 heteroatoms. The van der Waals surface area contributed by atoms with Crippen molar-refractivity contribution in [3.63, 3.8) is 0 Å². The molecule has 0 spiro atoms. The summed E-state index contributed by atoms with van der Waals surface area (Å²) in [7, 11) is 0. The highest BCUT2D eigenvalue weighted by Crippen LogP contribution is 2.59. The molecule has 4 fully saturated rings. The average molecular weight is 431 g/mol. The van der Waals surface area contributed by atoms with Gasteiger partial charge in [0.2, 0.25) is 5.91 Å². The van der Waals surface area contributed by atoms with Crippen molar-refractivity contribution >= 4 is 23.6 Å². The van der Waals surface area contributed by atoms with Gasteiger partial charge in [-0.15, -0.1) is 0 Å². The molecule has 1 N–H and O–H groups in total. The number of fused-ring (bicyclic) bond motifs is 1. The maximum atomic E-state index is 14.9. The number of carbonyl (C=O) groups is 3. The summed E-state index contributed by atoms with van der Waals surface area (Å²) >= 11 is 0. The van der Waals surface area contributed by atoms with Crippen LogP contribution in [0.3, 0.4) is 0 Å². The molecule has 4 aliphatic rings. The van der Waals surface area contributed by atoms with Crippen molar-refractivity contribution in [2.45, 2.75) is 37.9 Å². The number of cyclic esters (lactones) is 1. The van der Waals surface area contributed by atoms with Gasteiger partial charge in [0.05, 0.1) is 18.8 Å². The van der Waals surface area contributed by atoms with Gasteiger partial charge in [-0.1, -0.05) is 6.07 Å². The lowest BCUT2D eigenvalue weighted by Crippen LogP contribution is -2.39. The van der Waals surface area contributed by atoms with Gasteiger partial charge >= 0.3 is 6.09 Å². The fraction of sp³-hybridized carbons (Fsp3) is 0.591. The first-order chi connectivity index (χ1) is 14.9. The van der Waals surface area contributed by atoms with Crippen LogP contribution in [0, 0.1) is 17.7 Å². The summed E-state index contributed by atoms with van der Waals surface area (Å²) in [6.45, 7) is 3.83. The molecule has 3 amide bonds. The monoisotopic (exact) mass is 431 g/mol. The quantitative estimate of drug-likeness (QED) is 0.766. The third-order valence-corrected chi connectivity index (χ3v) is 6.82. The summed E-state index contributed by atoms with van der Waals surface area (Å²) in [5, 5.41) is 2.62. The fourth-order valence-corrected chi connectivity index (χ4v) is 5.19. The van der Waals surface area contributed by atoms with E-state index in [1.54, 1.807) is 12.1 Å². The van der Waals surface area contributed by atoms with Gasteiger partial charge in [0.15, 0.2) is 0 Å². The first-order valence-corrected chi connectivity index (χ1v) is 10.8. The maximum Gasteiger partial charge on any atom is 0.414 e. The van der Waals surface area contributed by atoms with E-state index >= 15 is 0 Å². The van der Waals surface area contributed by atoms with E-state index in [4.69, 9.17) is 9.47 Å². The van der Waals surface area contributed by atoms with Crippen molar-refractivity contribution in [2.24, 2.45) is 11.8 Å². The van der Waals surface area contributed by atoms with Gasteiger partial charge in [-0.2, -0.15) is 0 Å². The number of amides is 3. The highest BCUT2D eigenvalue weighted by atomic mass is 19.1. The highest BCUT2D eigenvalue weighted by Gasteiger charge is 2.58. The minimum Gasteiger partial charge on any atom is -0.442 e. The predicted molar refractivity (Wildman–Crippen MR) is 108 cm³/mol. The highest BCUT2D eigenvalue weighted by molar-refractivity contribution is 5.90. The molecule has 1 unspecified atom stereocenters. The van der Waals surface area contributed by atoms with Crippen molar-refractivity contribution in [1.82, 2.24) is 10.2 Å². The minimum absolute atomic E-state index is 0.0700. The molecule has 1 aliphatic carbocycles. The zero-order valence-corrected chi connectivity index (χ0v) is 17.4. The predicted octanol–water partition coefficient (Wildman–Crippen LogP) is 1.64. The topological polar surface area (TPSA) is 88.2 Å². The summed E-state index contributed by atoms with van der Waals surface area (Å²) in [6.07, 6.45) is 0.398. The number of benzene rings is 1. The Balaban J connectivity index is 1.20. The molecular weight excluding hydrogens is 405 g/mol. The van der Waals surface area contributed by atoms with E-state index in [9.17, 15) is 18.8 Å². The molecule has 3 saturated heterocycles. The number of rotatable bonds is 5. The van der Waals surface area contributed by atoms with Gasteiger partial charge < -0.3 is 19.7 Å². The number of hydrogen-bond acceptors (Lipinski definition) is 5. The Hall–Kier alpha value is -2.68. The SMILES string of the molecule is CC(=O)NC[C@H]1CN(c2ccc(C3[C@H]4CN(C(=O)[C@H]5CCCO5)C[C@@H]34)c(F)c2)C(=O)O1. The Bertz CT molecular complexity index is 906. The van der Waals surface area contributed by atoms with E-state index in [0.29, 0.717) is 30.9 Å². The number of carbonyl (C=O) groups excluding carboxylic acids is 3. The average Bonchev–Trinajstić information content (AvgIpc) is 3.21. The van der Waals surface area contributed by atoms with Crippen LogP contribution in [0.15, 0.2) is 18.2 Å².